The topological polar surface area (TPSA) is 56.1 Å². The summed E-state index contributed by atoms with van der Waals surface area (Å²) in [6, 6.07) is 15.9. The lowest BCUT2D eigenvalue weighted by molar-refractivity contribution is -0.137. The van der Waals surface area contributed by atoms with Crippen molar-refractivity contribution in [1.29, 1.82) is 0 Å². The summed E-state index contributed by atoms with van der Waals surface area (Å²) in [4.78, 5) is 21.1. The molecule has 4 rings (SSSR count). The van der Waals surface area contributed by atoms with Gasteiger partial charge >= 0.3 is 5.97 Å². The van der Waals surface area contributed by atoms with Gasteiger partial charge in [-0.15, -0.1) is 0 Å². The van der Waals surface area contributed by atoms with Crippen LogP contribution >= 0.6 is 11.8 Å². The van der Waals surface area contributed by atoms with Crippen molar-refractivity contribution < 1.29 is 9.90 Å². The molecule has 27 heavy (non-hydrogen) atoms. The number of guanidine groups is 1. The third kappa shape index (κ3) is 3.67. The van der Waals surface area contributed by atoms with Gasteiger partial charge in [-0.25, -0.2) is 4.99 Å². The first-order valence-electron chi connectivity index (χ1n) is 9.21. The van der Waals surface area contributed by atoms with E-state index in [1.165, 1.54) is 0 Å². The van der Waals surface area contributed by atoms with E-state index in [1.807, 2.05) is 48.2 Å². The number of aliphatic carboxylic acids is 1. The summed E-state index contributed by atoms with van der Waals surface area (Å²) in [7, 11) is 0. The molecule has 2 aromatic carbocycles. The Balaban J connectivity index is 1.87. The van der Waals surface area contributed by atoms with Crippen LogP contribution < -0.4 is 4.90 Å². The van der Waals surface area contributed by atoms with Crippen molar-refractivity contribution in [3.8, 4) is 0 Å². The number of para-hydroxylation sites is 1. The number of carbonyl (C=O) groups is 1. The average molecular weight is 382 g/mol. The number of fused-ring (bicyclic) bond motifs is 1. The third-order valence-corrected chi connectivity index (χ3v) is 5.93. The van der Waals surface area contributed by atoms with E-state index in [1.54, 1.807) is 0 Å². The Morgan fingerprint density at radius 3 is 2.70 bits per heavy atom. The monoisotopic (exact) mass is 381 g/mol. The van der Waals surface area contributed by atoms with Gasteiger partial charge < -0.3 is 14.9 Å². The van der Waals surface area contributed by atoms with Crippen LogP contribution in [0.25, 0.3) is 0 Å². The molecule has 0 bridgehead atoms. The van der Waals surface area contributed by atoms with E-state index >= 15 is 0 Å². The zero-order chi connectivity index (χ0) is 18.8. The highest BCUT2D eigenvalue weighted by atomic mass is 32.2. The normalized spacial score (nSPS) is 19.4. The largest absolute Gasteiger partial charge is 0.481 e. The number of anilines is 1. The van der Waals surface area contributed by atoms with Crippen LogP contribution in [-0.4, -0.2) is 46.5 Å². The van der Waals surface area contributed by atoms with Crippen LogP contribution in [0.5, 0.6) is 0 Å². The number of aliphatic imine (C=N–C) groups is 1. The number of hydrogen-bond donors (Lipinski definition) is 1. The molecule has 140 valence electrons. The number of rotatable bonds is 3. The highest BCUT2D eigenvalue weighted by molar-refractivity contribution is 7.99. The Kier molecular flexibility index (Phi) is 5.07. The minimum absolute atomic E-state index is 0.0343. The number of carboxylic acids is 1. The second-order valence-corrected chi connectivity index (χ2v) is 8.12. The average Bonchev–Trinajstić information content (AvgIpc) is 2.68. The summed E-state index contributed by atoms with van der Waals surface area (Å²) in [6.45, 7) is 3.91. The molecule has 6 heteroatoms. The van der Waals surface area contributed by atoms with Crippen LogP contribution in [0.15, 0.2) is 53.5 Å². The smallest absolute Gasteiger partial charge is 0.305 e. The van der Waals surface area contributed by atoms with Gasteiger partial charge in [-0.2, -0.15) is 11.8 Å². The lowest BCUT2D eigenvalue weighted by Gasteiger charge is -2.43. The van der Waals surface area contributed by atoms with Crippen molar-refractivity contribution in [3.63, 3.8) is 0 Å². The first-order valence-corrected chi connectivity index (χ1v) is 10.4. The molecule has 5 nitrogen and oxygen atoms in total. The van der Waals surface area contributed by atoms with Crippen molar-refractivity contribution in [2.75, 3.05) is 29.5 Å². The zero-order valence-corrected chi connectivity index (χ0v) is 16.2. The van der Waals surface area contributed by atoms with Gasteiger partial charge in [0.2, 0.25) is 5.96 Å². The molecule has 2 aliphatic rings. The second-order valence-electron chi connectivity index (χ2n) is 6.89. The number of thioether (sulfide) groups is 1. The summed E-state index contributed by atoms with van der Waals surface area (Å²) >= 11 is 1.95. The quantitative estimate of drug-likeness (QED) is 0.869. The van der Waals surface area contributed by atoms with Crippen LogP contribution in [0.4, 0.5) is 11.4 Å². The molecule has 0 saturated carbocycles. The maximum Gasteiger partial charge on any atom is 0.305 e. The van der Waals surface area contributed by atoms with Crippen LogP contribution in [-0.2, 0) is 4.79 Å². The number of nitrogens with zero attached hydrogens (tertiary/aromatic N) is 3. The number of benzene rings is 2. The summed E-state index contributed by atoms with van der Waals surface area (Å²) in [5, 5.41) is 9.62. The number of aryl methyl sites for hydroxylation is 1. The molecule has 0 aromatic heterocycles. The van der Waals surface area contributed by atoms with E-state index < -0.39 is 5.97 Å². The van der Waals surface area contributed by atoms with Gasteiger partial charge in [0.25, 0.3) is 0 Å². The molecule has 1 saturated heterocycles. The lowest BCUT2D eigenvalue weighted by Crippen LogP contribution is -2.50. The summed E-state index contributed by atoms with van der Waals surface area (Å²) in [6.07, 6.45) is 0.0343. The lowest BCUT2D eigenvalue weighted by atomic mass is 9.97. The first-order chi connectivity index (χ1) is 13.1. The molecule has 0 amide bonds. The molecule has 1 atom stereocenters. The first kappa shape index (κ1) is 17.9. The Hall–Kier alpha value is -2.47. The van der Waals surface area contributed by atoms with E-state index in [-0.39, 0.29) is 12.5 Å². The number of carboxylic acid groups (broad SMARTS) is 1. The van der Waals surface area contributed by atoms with Gasteiger partial charge in [0.1, 0.15) is 0 Å². The van der Waals surface area contributed by atoms with Crippen LogP contribution in [0.1, 0.15) is 23.6 Å². The highest BCUT2D eigenvalue weighted by Crippen LogP contribution is 2.40. The number of hydrogen-bond acceptors (Lipinski definition) is 5. The Morgan fingerprint density at radius 1 is 1.19 bits per heavy atom. The van der Waals surface area contributed by atoms with Crippen LogP contribution in [0.3, 0.4) is 0 Å². The van der Waals surface area contributed by atoms with E-state index in [2.05, 4.69) is 28.9 Å². The Bertz CT molecular complexity index is 877. The van der Waals surface area contributed by atoms with Crippen molar-refractivity contribution in [2.24, 2.45) is 4.99 Å². The van der Waals surface area contributed by atoms with Crippen LogP contribution in [0, 0.1) is 6.92 Å². The molecule has 0 radical (unpaired) electrons. The van der Waals surface area contributed by atoms with E-state index in [9.17, 15) is 9.90 Å². The highest BCUT2D eigenvalue weighted by Gasteiger charge is 2.35. The summed E-state index contributed by atoms with van der Waals surface area (Å²) in [5.74, 6) is 2.19. The Labute approximate surface area is 163 Å². The minimum Gasteiger partial charge on any atom is -0.481 e. The van der Waals surface area contributed by atoms with Gasteiger partial charge in [0.05, 0.1) is 18.2 Å². The molecule has 2 aromatic rings. The van der Waals surface area contributed by atoms with E-state index in [0.29, 0.717) is 0 Å². The maximum atomic E-state index is 11.7. The standard InChI is InChI=1S/C21H23N3O2S/c1-15-5-4-6-16(13-15)24-19(14-20(25)26)17-7-2-3-8-18(17)22-21(24)23-9-11-27-12-10-23/h2-8,13,19H,9-12,14H2,1H3,(H,25,26). The van der Waals surface area contributed by atoms with Gasteiger partial charge in [-0.3, -0.25) is 4.79 Å². The van der Waals surface area contributed by atoms with Crippen LogP contribution in [0.2, 0.25) is 0 Å². The molecule has 1 unspecified atom stereocenters. The predicted octanol–water partition coefficient (Wildman–Crippen LogP) is 4.07. The van der Waals surface area contributed by atoms with Gasteiger partial charge in [-0.1, -0.05) is 30.3 Å². The van der Waals surface area contributed by atoms with Gasteiger partial charge in [0.15, 0.2) is 0 Å². The fourth-order valence-corrected chi connectivity index (χ4v) is 4.64. The summed E-state index contributed by atoms with van der Waals surface area (Å²) < 4.78 is 0. The van der Waals surface area contributed by atoms with Gasteiger partial charge in [0, 0.05) is 35.8 Å². The fraction of sp³-hybridized carbons (Fsp3) is 0.333. The molecule has 2 heterocycles. The zero-order valence-electron chi connectivity index (χ0n) is 15.3. The van der Waals surface area contributed by atoms with Crippen molar-refractivity contribution in [3.05, 3.63) is 59.7 Å². The van der Waals surface area contributed by atoms with Crippen molar-refractivity contribution in [1.82, 2.24) is 4.90 Å². The van der Waals surface area contributed by atoms with Crippen molar-refractivity contribution >= 4 is 35.1 Å². The Morgan fingerprint density at radius 2 is 1.96 bits per heavy atom. The molecular formula is C21H23N3O2S. The van der Waals surface area contributed by atoms with E-state index in [4.69, 9.17) is 4.99 Å². The predicted molar refractivity (Wildman–Crippen MR) is 111 cm³/mol. The van der Waals surface area contributed by atoms with E-state index in [0.717, 1.165) is 53.1 Å². The van der Waals surface area contributed by atoms with Crippen molar-refractivity contribution in [2.45, 2.75) is 19.4 Å². The molecule has 1 fully saturated rings. The van der Waals surface area contributed by atoms with Gasteiger partial charge in [-0.05, 0) is 30.7 Å². The SMILES string of the molecule is Cc1cccc(N2C(N3CCSCC3)=Nc3ccccc3C2CC(=O)O)c1. The molecule has 0 spiro atoms. The molecule has 1 N–H and O–H groups in total. The maximum absolute atomic E-state index is 11.7. The molecule has 2 aliphatic heterocycles. The molecule has 0 aliphatic carbocycles. The fourth-order valence-electron chi connectivity index (χ4n) is 3.74. The minimum atomic E-state index is -0.803. The summed E-state index contributed by atoms with van der Waals surface area (Å²) in [5.41, 5.74) is 3.99. The second kappa shape index (κ2) is 7.64. The third-order valence-electron chi connectivity index (χ3n) is 4.99. The molecular weight excluding hydrogens is 358 g/mol.